The number of ether oxygens (including phenoxy) is 1. The second-order valence-electron chi connectivity index (χ2n) is 4.92. The van der Waals surface area contributed by atoms with Gasteiger partial charge in [-0.1, -0.05) is 18.2 Å². The van der Waals surface area contributed by atoms with Gasteiger partial charge in [0.25, 0.3) is 5.91 Å². The summed E-state index contributed by atoms with van der Waals surface area (Å²) in [6, 6.07) is 11.5. The average Bonchev–Trinajstić information content (AvgIpc) is 3.01. The molecule has 0 saturated carbocycles. The topological polar surface area (TPSA) is 63.2 Å². The fourth-order valence-electron chi connectivity index (χ4n) is 2.26. The van der Waals surface area contributed by atoms with Crippen LogP contribution in [-0.4, -0.2) is 31.2 Å². The predicted molar refractivity (Wildman–Crippen MR) is 94.4 cm³/mol. The molecule has 2 aromatic heterocycles. The van der Waals surface area contributed by atoms with Crippen LogP contribution in [-0.2, 0) is 4.74 Å². The molecule has 0 aliphatic carbocycles. The van der Waals surface area contributed by atoms with Crippen LogP contribution in [0.2, 0.25) is 0 Å². The summed E-state index contributed by atoms with van der Waals surface area (Å²) < 4.78 is 6.11. The van der Waals surface area contributed by atoms with Crippen LogP contribution in [0, 0.1) is 0 Å². The SMILES string of the molecule is COCCNc1ncccc1NC(=O)c1csc2ccccc12. The highest BCUT2D eigenvalue weighted by Gasteiger charge is 2.14. The predicted octanol–water partition coefficient (Wildman–Crippen LogP) is 3.61. The van der Waals surface area contributed by atoms with E-state index < -0.39 is 0 Å². The Morgan fingerprint density at radius 1 is 1.26 bits per heavy atom. The van der Waals surface area contributed by atoms with Crippen molar-refractivity contribution in [2.45, 2.75) is 0 Å². The van der Waals surface area contributed by atoms with Crippen molar-refractivity contribution in [3.8, 4) is 0 Å². The number of thiophene rings is 1. The number of amides is 1. The van der Waals surface area contributed by atoms with Crippen LogP contribution in [0.5, 0.6) is 0 Å². The number of carbonyl (C=O) groups is 1. The first kappa shape index (κ1) is 15.5. The number of pyridine rings is 1. The van der Waals surface area contributed by atoms with Crippen molar-refractivity contribution in [1.29, 1.82) is 0 Å². The lowest BCUT2D eigenvalue weighted by Crippen LogP contribution is -2.15. The molecule has 3 aromatic rings. The van der Waals surface area contributed by atoms with Gasteiger partial charge >= 0.3 is 0 Å². The summed E-state index contributed by atoms with van der Waals surface area (Å²) in [6.45, 7) is 1.19. The van der Waals surface area contributed by atoms with Crippen molar-refractivity contribution in [2.75, 3.05) is 30.9 Å². The van der Waals surface area contributed by atoms with Crippen molar-refractivity contribution in [3.63, 3.8) is 0 Å². The Balaban J connectivity index is 1.80. The second-order valence-corrected chi connectivity index (χ2v) is 5.83. The highest BCUT2D eigenvalue weighted by Crippen LogP contribution is 2.27. The van der Waals surface area contributed by atoms with Crippen LogP contribution in [0.15, 0.2) is 48.0 Å². The van der Waals surface area contributed by atoms with Crippen molar-refractivity contribution >= 4 is 38.8 Å². The van der Waals surface area contributed by atoms with Gasteiger partial charge in [0, 0.05) is 35.3 Å². The molecule has 2 N–H and O–H groups in total. The van der Waals surface area contributed by atoms with E-state index in [9.17, 15) is 4.79 Å². The maximum Gasteiger partial charge on any atom is 0.257 e. The molecule has 0 fully saturated rings. The number of aromatic nitrogens is 1. The maximum atomic E-state index is 12.6. The molecule has 0 bridgehead atoms. The molecule has 118 valence electrons. The van der Waals surface area contributed by atoms with Crippen LogP contribution in [0.1, 0.15) is 10.4 Å². The zero-order chi connectivity index (χ0) is 16.1. The summed E-state index contributed by atoms with van der Waals surface area (Å²) in [5.41, 5.74) is 1.33. The smallest absolute Gasteiger partial charge is 0.257 e. The zero-order valence-corrected chi connectivity index (χ0v) is 13.5. The summed E-state index contributed by atoms with van der Waals surface area (Å²) in [4.78, 5) is 16.9. The van der Waals surface area contributed by atoms with Gasteiger partial charge in [0.2, 0.25) is 0 Å². The quantitative estimate of drug-likeness (QED) is 0.679. The molecule has 3 rings (SSSR count). The number of carbonyl (C=O) groups excluding carboxylic acids is 1. The summed E-state index contributed by atoms with van der Waals surface area (Å²) in [5, 5.41) is 8.94. The Labute approximate surface area is 138 Å². The molecule has 1 amide bonds. The molecule has 0 aliphatic rings. The van der Waals surface area contributed by atoms with Crippen molar-refractivity contribution < 1.29 is 9.53 Å². The zero-order valence-electron chi connectivity index (χ0n) is 12.7. The molecule has 6 heteroatoms. The number of hydrogen-bond acceptors (Lipinski definition) is 5. The molecule has 0 aliphatic heterocycles. The number of anilines is 2. The van der Waals surface area contributed by atoms with Crippen molar-refractivity contribution in [2.24, 2.45) is 0 Å². The van der Waals surface area contributed by atoms with E-state index in [0.29, 0.717) is 30.2 Å². The highest BCUT2D eigenvalue weighted by atomic mass is 32.1. The Morgan fingerprint density at radius 2 is 2.13 bits per heavy atom. The highest BCUT2D eigenvalue weighted by molar-refractivity contribution is 7.17. The minimum atomic E-state index is -0.134. The number of hydrogen-bond donors (Lipinski definition) is 2. The van der Waals surface area contributed by atoms with E-state index in [1.807, 2.05) is 35.7 Å². The first-order valence-corrected chi connectivity index (χ1v) is 8.13. The van der Waals surface area contributed by atoms with E-state index in [1.54, 1.807) is 30.7 Å². The van der Waals surface area contributed by atoms with Gasteiger partial charge in [0.1, 0.15) is 5.82 Å². The summed E-state index contributed by atoms with van der Waals surface area (Å²) >= 11 is 1.57. The van der Waals surface area contributed by atoms with Gasteiger partial charge in [0.15, 0.2) is 0 Å². The van der Waals surface area contributed by atoms with Crippen molar-refractivity contribution in [1.82, 2.24) is 4.98 Å². The van der Waals surface area contributed by atoms with Gasteiger partial charge in [-0.15, -0.1) is 11.3 Å². The summed E-state index contributed by atoms with van der Waals surface area (Å²) in [6.07, 6.45) is 1.69. The van der Waals surface area contributed by atoms with Crippen molar-refractivity contribution in [3.05, 3.63) is 53.5 Å². The van der Waals surface area contributed by atoms with Crippen LogP contribution < -0.4 is 10.6 Å². The largest absolute Gasteiger partial charge is 0.383 e. The van der Waals surface area contributed by atoms with Gasteiger partial charge < -0.3 is 15.4 Å². The fourth-order valence-corrected chi connectivity index (χ4v) is 3.20. The van der Waals surface area contributed by atoms with E-state index in [-0.39, 0.29) is 5.91 Å². The minimum absolute atomic E-state index is 0.134. The Morgan fingerprint density at radius 3 is 3.00 bits per heavy atom. The molecule has 0 unspecified atom stereocenters. The lowest BCUT2D eigenvalue weighted by Gasteiger charge is -2.11. The Hall–Kier alpha value is -2.44. The molecule has 0 atom stereocenters. The van der Waals surface area contributed by atoms with E-state index in [2.05, 4.69) is 15.6 Å². The number of benzene rings is 1. The molecule has 0 radical (unpaired) electrons. The third-order valence-electron chi connectivity index (χ3n) is 3.38. The number of fused-ring (bicyclic) bond motifs is 1. The number of methoxy groups -OCH3 is 1. The van der Waals surface area contributed by atoms with Gasteiger partial charge in [-0.3, -0.25) is 4.79 Å². The molecule has 23 heavy (non-hydrogen) atoms. The second kappa shape index (κ2) is 7.21. The lowest BCUT2D eigenvalue weighted by molar-refractivity contribution is 0.102. The van der Waals surface area contributed by atoms with Gasteiger partial charge in [-0.05, 0) is 18.2 Å². The van der Waals surface area contributed by atoms with Gasteiger partial charge in [-0.2, -0.15) is 0 Å². The van der Waals surface area contributed by atoms with Crippen LogP contribution >= 0.6 is 11.3 Å². The molecular formula is C17H17N3O2S. The first-order chi connectivity index (χ1) is 11.3. The first-order valence-electron chi connectivity index (χ1n) is 7.25. The molecule has 5 nitrogen and oxygen atoms in total. The van der Waals surface area contributed by atoms with E-state index in [0.717, 1.165) is 10.1 Å². The Bertz CT molecular complexity index is 816. The molecular weight excluding hydrogens is 310 g/mol. The maximum absolute atomic E-state index is 12.6. The van der Waals surface area contributed by atoms with Crippen LogP contribution in [0.3, 0.4) is 0 Å². The molecule has 0 spiro atoms. The molecule has 1 aromatic carbocycles. The Kier molecular flexibility index (Phi) is 4.85. The third kappa shape index (κ3) is 3.49. The standard InChI is InChI=1S/C17H17N3O2S/c1-22-10-9-19-16-14(6-4-8-18-16)20-17(21)13-11-23-15-7-3-2-5-12(13)15/h2-8,11H,9-10H2,1H3,(H,18,19)(H,20,21). The number of rotatable bonds is 6. The fraction of sp³-hybridized carbons (Fsp3) is 0.176. The summed E-state index contributed by atoms with van der Waals surface area (Å²) in [5.74, 6) is 0.502. The minimum Gasteiger partial charge on any atom is -0.383 e. The molecule has 2 heterocycles. The monoisotopic (exact) mass is 327 g/mol. The van der Waals surface area contributed by atoms with Gasteiger partial charge in [0.05, 0.1) is 17.9 Å². The third-order valence-corrected chi connectivity index (χ3v) is 4.34. The van der Waals surface area contributed by atoms with E-state index in [4.69, 9.17) is 4.74 Å². The lowest BCUT2D eigenvalue weighted by atomic mass is 10.1. The van der Waals surface area contributed by atoms with E-state index in [1.165, 1.54) is 0 Å². The van der Waals surface area contributed by atoms with Gasteiger partial charge in [-0.25, -0.2) is 4.98 Å². The summed E-state index contributed by atoms with van der Waals surface area (Å²) in [7, 11) is 1.64. The molecule has 0 saturated heterocycles. The van der Waals surface area contributed by atoms with E-state index >= 15 is 0 Å². The number of nitrogens with zero attached hydrogens (tertiary/aromatic N) is 1. The van der Waals surface area contributed by atoms with Crippen LogP contribution in [0.25, 0.3) is 10.1 Å². The normalized spacial score (nSPS) is 10.7. The average molecular weight is 327 g/mol. The number of nitrogens with one attached hydrogen (secondary N) is 2. The van der Waals surface area contributed by atoms with Crippen LogP contribution in [0.4, 0.5) is 11.5 Å².